The molecule has 10 heteroatoms. The number of nitrogens with zero attached hydrogens (tertiary/aromatic N) is 6. The van der Waals surface area contributed by atoms with Crippen molar-refractivity contribution < 1.29 is 18.4 Å². The Morgan fingerprint density at radius 3 is 2.56 bits per heavy atom. The van der Waals surface area contributed by atoms with Gasteiger partial charge in [0.15, 0.2) is 17.2 Å². The van der Waals surface area contributed by atoms with E-state index in [1.165, 1.54) is 6.33 Å². The first-order valence-corrected chi connectivity index (χ1v) is 15.6. The van der Waals surface area contributed by atoms with Gasteiger partial charge >= 0.3 is 0 Å². The van der Waals surface area contributed by atoms with Crippen molar-refractivity contribution in [2.24, 2.45) is 10.8 Å². The summed E-state index contributed by atoms with van der Waals surface area (Å²) >= 11 is 0. The Morgan fingerprint density at radius 1 is 1.09 bits per heavy atom. The Bertz CT molecular complexity index is 1730. The molecular formula is C33H35FN6O3. The number of aromatic nitrogens is 5. The van der Waals surface area contributed by atoms with Crippen LogP contribution in [0.2, 0.25) is 0 Å². The van der Waals surface area contributed by atoms with Crippen LogP contribution in [0.1, 0.15) is 88.3 Å². The predicted molar refractivity (Wildman–Crippen MR) is 156 cm³/mol. The van der Waals surface area contributed by atoms with Crippen molar-refractivity contribution in [1.82, 2.24) is 24.7 Å². The molecule has 3 aromatic heterocycles. The lowest BCUT2D eigenvalue weighted by atomic mass is 9.41. The van der Waals surface area contributed by atoms with E-state index in [0.29, 0.717) is 43.1 Å². The first-order valence-electron chi connectivity index (χ1n) is 15.6. The lowest BCUT2D eigenvalue weighted by Gasteiger charge is -2.65. The molecule has 43 heavy (non-hydrogen) atoms. The molecule has 4 bridgehead atoms. The van der Waals surface area contributed by atoms with Gasteiger partial charge < -0.3 is 14.2 Å². The maximum atomic E-state index is 14.6. The fraction of sp³-hybridized carbons (Fsp3) is 0.545. The van der Waals surface area contributed by atoms with E-state index >= 15 is 0 Å². The van der Waals surface area contributed by atoms with Crippen molar-refractivity contribution >= 4 is 17.2 Å². The van der Waals surface area contributed by atoms with Gasteiger partial charge in [0.25, 0.3) is 0 Å². The summed E-state index contributed by atoms with van der Waals surface area (Å²) in [6, 6.07) is 10.1. The lowest BCUT2D eigenvalue weighted by Crippen LogP contribution is -2.71. The Morgan fingerprint density at radius 2 is 1.86 bits per heavy atom. The molecule has 7 fully saturated rings. The third kappa shape index (κ3) is 3.83. The van der Waals surface area contributed by atoms with Crippen LogP contribution in [0.4, 0.5) is 10.1 Å². The molecule has 0 atom stereocenters. The second kappa shape index (κ2) is 8.64. The average Bonchev–Trinajstić information content (AvgIpc) is 3.52. The van der Waals surface area contributed by atoms with Crippen molar-refractivity contribution in [1.29, 1.82) is 0 Å². The lowest BCUT2D eigenvalue weighted by molar-refractivity contribution is -0.211. The Balaban J connectivity index is 1.03. The number of rotatable bonds is 8. The number of carbonyl (C=O) groups is 1. The molecule has 0 N–H and O–H groups in total. The normalized spacial score (nSPS) is 32.3. The number of anilines is 1. The third-order valence-electron chi connectivity index (χ3n) is 11.5. The summed E-state index contributed by atoms with van der Waals surface area (Å²) < 4.78 is 27.8. The van der Waals surface area contributed by atoms with Crippen LogP contribution < -0.4 is 9.64 Å². The molecule has 9 nitrogen and oxygen atoms in total. The molecule has 0 aliphatic heterocycles. The fourth-order valence-electron chi connectivity index (χ4n) is 8.63. The second-order valence-electron chi connectivity index (χ2n) is 14.2. The Hall–Kier alpha value is -3.82. The van der Waals surface area contributed by atoms with Crippen LogP contribution >= 0.6 is 0 Å². The van der Waals surface area contributed by atoms with Crippen molar-refractivity contribution in [2.75, 3.05) is 18.6 Å². The number of hydrogen-bond donors (Lipinski definition) is 0. The summed E-state index contributed by atoms with van der Waals surface area (Å²) in [6.07, 6.45) is 12.8. The number of pyridine rings is 1. The van der Waals surface area contributed by atoms with Crippen LogP contribution in [0.15, 0.2) is 47.4 Å². The molecule has 7 aliphatic carbocycles. The minimum Gasteiger partial charge on any atom is -0.493 e. The van der Waals surface area contributed by atoms with Crippen LogP contribution in [0.25, 0.3) is 16.8 Å². The monoisotopic (exact) mass is 582 g/mol. The van der Waals surface area contributed by atoms with Crippen molar-refractivity contribution in [3.8, 4) is 16.9 Å². The maximum absolute atomic E-state index is 14.6. The number of benzene rings is 1. The summed E-state index contributed by atoms with van der Waals surface area (Å²) in [5, 5.41) is 8.63. The molecule has 0 saturated heterocycles. The number of fused-ring (bicyclic) bond motifs is 4. The fourth-order valence-corrected chi connectivity index (χ4v) is 8.63. The van der Waals surface area contributed by atoms with Gasteiger partial charge in [-0.2, -0.15) is 10.1 Å². The minimum atomic E-state index is -1.14. The molecule has 4 aromatic rings. The average molecular weight is 583 g/mol. The maximum Gasteiger partial charge on any atom is 0.233 e. The summed E-state index contributed by atoms with van der Waals surface area (Å²) in [5.74, 6) is 2.90. The third-order valence-corrected chi connectivity index (χ3v) is 11.5. The van der Waals surface area contributed by atoms with E-state index in [-0.39, 0.29) is 16.7 Å². The highest BCUT2D eigenvalue weighted by atomic mass is 19.1. The van der Waals surface area contributed by atoms with Gasteiger partial charge in [-0.25, -0.2) is 13.9 Å². The molecular weight excluding hydrogens is 547 g/mol. The Labute approximate surface area is 248 Å². The molecule has 222 valence electrons. The van der Waals surface area contributed by atoms with E-state index in [0.717, 1.165) is 79.9 Å². The van der Waals surface area contributed by atoms with Gasteiger partial charge in [-0.1, -0.05) is 17.3 Å². The highest BCUT2D eigenvalue weighted by molar-refractivity contribution is 6.00. The quantitative estimate of drug-likeness (QED) is 0.245. The van der Waals surface area contributed by atoms with Gasteiger partial charge in [0.05, 0.1) is 12.5 Å². The molecule has 0 spiro atoms. The number of alkyl halides is 1. The van der Waals surface area contributed by atoms with E-state index in [1.807, 2.05) is 35.4 Å². The minimum absolute atomic E-state index is 0.0204. The Kier molecular flexibility index (Phi) is 5.15. The number of hydrogen-bond acceptors (Lipinski definition) is 7. The van der Waals surface area contributed by atoms with Crippen molar-refractivity contribution in [3.05, 3.63) is 54.6 Å². The second-order valence-corrected chi connectivity index (χ2v) is 14.2. The van der Waals surface area contributed by atoms with E-state index < -0.39 is 11.1 Å². The summed E-state index contributed by atoms with van der Waals surface area (Å²) in [7, 11) is 1.62. The van der Waals surface area contributed by atoms with E-state index in [2.05, 4.69) is 21.3 Å². The number of carbonyl (C=O) groups excluding carboxylic acids is 1. The largest absolute Gasteiger partial charge is 0.493 e. The highest BCUT2D eigenvalue weighted by Crippen LogP contribution is 2.70. The van der Waals surface area contributed by atoms with E-state index in [4.69, 9.17) is 14.2 Å². The highest BCUT2D eigenvalue weighted by Gasteiger charge is 2.73. The van der Waals surface area contributed by atoms with Crippen LogP contribution in [-0.4, -0.2) is 50.0 Å². The molecule has 1 amide bonds. The summed E-state index contributed by atoms with van der Waals surface area (Å²) in [4.78, 5) is 25.5. The van der Waals surface area contributed by atoms with Gasteiger partial charge in [-0.15, -0.1) is 0 Å². The molecule has 3 heterocycles. The molecule has 1 aromatic carbocycles. The number of halogens is 1. The van der Waals surface area contributed by atoms with Gasteiger partial charge in [0.2, 0.25) is 11.8 Å². The van der Waals surface area contributed by atoms with Crippen molar-refractivity contribution in [2.45, 2.75) is 87.6 Å². The summed E-state index contributed by atoms with van der Waals surface area (Å²) in [6.45, 7) is 0.648. The van der Waals surface area contributed by atoms with Gasteiger partial charge in [-0.3, -0.25) is 4.79 Å². The van der Waals surface area contributed by atoms with Crippen LogP contribution in [0.3, 0.4) is 0 Å². The van der Waals surface area contributed by atoms with Crippen LogP contribution in [-0.2, 0) is 10.2 Å². The zero-order chi connectivity index (χ0) is 29.0. The summed E-state index contributed by atoms with van der Waals surface area (Å²) in [5.41, 5.74) is 1.68. The smallest absolute Gasteiger partial charge is 0.233 e. The number of amides is 1. The topological polar surface area (TPSA) is 98.7 Å². The zero-order valence-corrected chi connectivity index (χ0v) is 24.4. The van der Waals surface area contributed by atoms with Gasteiger partial charge in [-0.05, 0) is 99.8 Å². The molecule has 7 saturated carbocycles. The predicted octanol–water partition coefficient (Wildman–Crippen LogP) is 6.18. The molecule has 0 radical (unpaired) electrons. The SMILES string of the molecule is COc1cc(-c2cccc(N(CC34CCC(c5nc(C6CC6)no5)(CC3)CC4)C(=O)C34CC(F)(C3)C4)c2)cn2ncnc12. The van der Waals surface area contributed by atoms with E-state index in [9.17, 15) is 9.18 Å². The first kappa shape index (κ1) is 25.7. The van der Waals surface area contributed by atoms with Crippen molar-refractivity contribution in [3.63, 3.8) is 0 Å². The molecule has 11 rings (SSSR count). The standard InChI is InChI=1S/C33H35FN6O3/c1-42-25-14-23(15-40-27(25)35-20-36-40)22-3-2-4-24(13-22)39(29(41)32-16-33(34,17-32)18-32)19-30-7-10-31(11-8-30,12-9-30)28-37-26(38-43-28)21-5-6-21/h2-4,13-15,20-21H,5-12,16-19H2,1H3. The van der Waals surface area contributed by atoms with Gasteiger partial charge in [0.1, 0.15) is 12.0 Å². The van der Waals surface area contributed by atoms with E-state index in [1.54, 1.807) is 11.6 Å². The number of methoxy groups -OCH3 is 1. The van der Waals surface area contributed by atoms with Crippen LogP contribution in [0.5, 0.6) is 5.75 Å². The van der Waals surface area contributed by atoms with Crippen LogP contribution in [0, 0.1) is 10.8 Å². The first-order chi connectivity index (χ1) is 20.8. The molecule has 7 aliphatic rings. The zero-order valence-electron chi connectivity index (χ0n) is 24.4. The number of ether oxygens (including phenoxy) is 1. The molecule has 0 unspecified atom stereocenters. The van der Waals surface area contributed by atoms with Gasteiger partial charge in [0, 0.05) is 35.3 Å².